The summed E-state index contributed by atoms with van der Waals surface area (Å²) in [7, 11) is 1.59. The monoisotopic (exact) mass is 384 g/mol. The number of aliphatic imine (C=N–C) groups is 1. The molecular weight excluding hydrogens is 364 g/mol. The van der Waals surface area contributed by atoms with Gasteiger partial charge in [0.1, 0.15) is 17.4 Å². The molecule has 1 aliphatic heterocycles. The van der Waals surface area contributed by atoms with Crippen LogP contribution in [0.2, 0.25) is 0 Å². The number of hydrogen-bond acceptors (Lipinski definition) is 4. The van der Waals surface area contributed by atoms with Gasteiger partial charge in [0.2, 0.25) is 5.91 Å². The van der Waals surface area contributed by atoms with Crippen LogP contribution in [0.3, 0.4) is 0 Å². The van der Waals surface area contributed by atoms with Crippen LogP contribution in [0.5, 0.6) is 5.75 Å². The molecule has 29 heavy (non-hydrogen) atoms. The molecule has 0 aromatic heterocycles. The van der Waals surface area contributed by atoms with Crippen molar-refractivity contribution >= 4 is 23.2 Å². The second kappa shape index (κ2) is 8.10. The van der Waals surface area contributed by atoms with Crippen molar-refractivity contribution in [1.82, 2.24) is 4.90 Å². The molecule has 3 aromatic carbocycles. The van der Waals surface area contributed by atoms with Gasteiger partial charge in [0.05, 0.1) is 19.3 Å². The Labute approximate surface area is 169 Å². The van der Waals surface area contributed by atoms with Crippen LogP contribution < -0.4 is 4.74 Å². The van der Waals surface area contributed by atoms with Gasteiger partial charge in [0.25, 0.3) is 5.91 Å². The molecule has 1 atom stereocenters. The highest BCUT2D eigenvalue weighted by Crippen LogP contribution is 2.31. The summed E-state index contributed by atoms with van der Waals surface area (Å²) < 4.78 is 5.17. The van der Waals surface area contributed by atoms with E-state index in [4.69, 9.17) is 4.74 Å². The van der Waals surface area contributed by atoms with Gasteiger partial charge in [-0.15, -0.1) is 0 Å². The number of rotatable bonds is 5. The van der Waals surface area contributed by atoms with E-state index in [0.29, 0.717) is 11.4 Å². The summed E-state index contributed by atoms with van der Waals surface area (Å²) in [6, 6.07) is 25.9. The summed E-state index contributed by atoms with van der Waals surface area (Å²) in [6.45, 7) is 0.226. The minimum absolute atomic E-state index is 0.226. The van der Waals surface area contributed by atoms with Crippen molar-refractivity contribution in [2.24, 2.45) is 4.99 Å². The third-order valence-electron chi connectivity index (χ3n) is 4.89. The normalized spacial score (nSPS) is 17.8. The number of benzene rings is 3. The molecule has 2 amide bonds. The van der Waals surface area contributed by atoms with Crippen molar-refractivity contribution in [3.63, 3.8) is 0 Å². The molecule has 1 heterocycles. The molecule has 5 heteroatoms. The fraction of sp³-hybridized carbons (Fsp3) is 0.125. The average molecular weight is 384 g/mol. The first kappa shape index (κ1) is 18.6. The Kier molecular flexibility index (Phi) is 5.20. The first-order valence-corrected chi connectivity index (χ1v) is 9.34. The summed E-state index contributed by atoms with van der Waals surface area (Å²) in [4.78, 5) is 32.3. The Morgan fingerprint density at radius 3 is 2.10 bits per heavy atom. The zero-order chi connectivity index (χ0) is 20.2. The summed E-state index contributed by atoms with van der Waals surface area (Å²) in [6.07, 6.45) is 0. The van der Waals surface area contributed by atoms with Gasteiger partial charge >= 0.3 is 0 Å². The van der Waals surface area contributed by atoms with E-state index in [2.05, 4.69) is 4.99 Å². The van der Waals surface area contributed by atoms with Gasteiger partial charge < -0.3 is 4.74 Å². The van der Waals surface area contributed by atoms with Crippen LogP contribution in [0.15, 0.2) is 89.9 Å². The molecule has 1 saturated heterocycles. The average Bonchev–Trinajstić information content (AvgIpc) is 3.00. The van der Waals surface area contributed by atoms with Gasteiger partial charge in [-0.1, -0.05) is 60.7 Å². The molecule has 5 nitrogen and oxygen atoms in total. The number of hydrogen-bond donors (Lipinski definition) is 0. The van der Waals surface area contributed by atoms with E-state index in [1.807, 2.05) is 60.7 Å². The maximum Gasteiger partial charge on any atom is 0.276 e. The van der Waals surface area contributed by atoms with Gasteiger partial charge in [0, 0.05) is 0 Å². The Hall–Kier alpha value is -3.73. The largest absolute Gasteiger partial charge is 0.497 e. The van der Waals surface area contributed by atoms with Gasteiger partial charge in [-0.3, -0.25) is 14.5 Å². The minimum atomic E-state index is -0.713. The summed E-state index contributed by atoms with van der Waals surface area (Å²) in [5, 5.41) is 0. The lowest BCUT2D eigenvalue weighted by Crippen LogP contribution is -2.30. The van der Waals surface area contributed by atoms with Crippen molar-refractivity contribution < 1.29 is 14.3 Å². The zero-order valence-corrected chi connectivity index (χ0v) is 16.0. The van der Waals surface area contributed by atoms with E-state index in [1.165, 1.54) is 4.90 Å². The van der Waals surface area contributed by atoms with E-state index in [9.17, 15) is 9.59 Å². The molecule has 0 bridgehead atoms. The molecule has 4 rings (SSSR count). The highest BCUT2D eigenvalue weighted by atomic mass is 16.5. The Morgan fingerprint density at radius 1 is 0.862 bits per heavy atom. The smallest absolute Gasteiger partial charge is 0.276 e. The van der Waals surface area contributed by atoms with E-state index >= 15 is 0 Å². The van der Waals surface area contributed by atoms with Gasteiger partial charge in [-0.25, -0.2) is 4.99 Å². The quantitative estimate of drug-likeness (QED) is 0.622. The van der Waals surface area contributed by atoms with Crippen LogP contribution in [0.1, 0.15) is 17.0 Å². The summed E-state index contributed by atoms with van der Waals surface area (Å²) in [5.74, 6) is -0.622. The topological polar surface area (TPSA) is 59.0 Å². The molecule has 1 aliphatic rings. The number of imide groups is 1. The molecular formula is C24H20N2O3. The number of carbonyl (C=O) groups is 2. The molecule has 0 aliphatic carbocycles. The first-order valence-electron chi connectivity index (χ1n) is 9.34. The van der Waals surface area contributed by atoms with Crippen molar-refractivity contribution in [3.8, 4) is 5.75 Å². The Balaban J connectivity index is 1.74. The molecule has 1 fully saturated rings. The van der Waals surface area contributed by atoms with Gasteiger partial charge in [-0.2, -0.15) is 0 Å². The molecule has 1 unspecified atom stereocenters. The standard InChI is InChI=1S/C24H20N2O3/c1-29-20-14-12-19(13-15-20)25-22-21(18-10-6-3-7-11-18)23(27)26(24(22)28)16-17-8-4-2-5-9-17/h2-15,21H,16H2,1H3. The Morgan fingerprint density at radius 2 is 1.48 bits per heavy atom. The summed E-state index contributed by atoms with van der Waals surface area (Å²) >= 11 is 0. The molecule has 3 aromatic rings. The lowest BCUT2D eigenvalue weighted by atomic mass is 9.96. The summed E-state index contributed by atoms with van der Waals surface area (Å²) in [5.41, 5.74) is 2.49. The highest BCUT2D eigenvalue weighted by molar-refractivity contribution is 6.52. The molecule has 0 spiro atoms. The highest BCUT2D eigenvalue weighted by Gasteiger charge is 2.45. The van der Waals surface area contributed by atoms with Gasteiger partial charge in [0.15, 0.2) is 0 Å². The fourth-order valence-corrected chi connectivity index (χ4v) is 3.40. The van der Waals surface area contributed by atoms with Crippen LogP contribution in [0, 0.1) is 0 Å². The SMILES string of the molecule is COc1ccc(N=C2C(=O)N(Cc3ccccc3)C(=O)C2c2ccccc2)cc1. The molecule has 0 N–H and O–H groups in total. The maximum absolute atomic E-state index is 13.2. The predicted molar refractivity (Wildman–Crippen MR) is 111 cm³/mol. The number of amides is 2. The lowest BCUT2D eigenvalue weighted by Gasteiger charge is -2.14. The van der Waals surface area contributed by atoms with Crippen LogP contribution in [0.25, 0.3) is 0 Å². The van der Waals surface area contributed by atoms with Crippen LogP contribution >= 0.6 is 0 Å². The molecule has 0 saturated carbocycles. The number of likely N-dealkylation sites (tertiary alicyclic amines) is 1. The van der Waals surface area contributed by atoms with Crippen molar-refractivity contribution in [2.45, 2.75) is 12.5 Å². The number of carbonyl (C=O) groups excluding carboxylic acids is 2. The van der Waals surface area contributed by atoms with Crippen molar-refractivity contribution in [3.05, 3.63) is 96.1 Å². The fourth-order valence-electron chi connectivity index (χ4n) is 3.40. The molecule has 0 radical (unpaired) electrons. The van der Waals surface area contributed by atoms with Crippen LogP contribution in [0.4, 0.5) is 5.69 Å². The third kappa shape index (κ3) is 3.80. The predicted octanol–water partition coefficient (Wildman–Crippen LogP) is 4.12. The second-order valence-electron chi connectivity index (χ2n) is 6.75. The zero-order valence-electron chi connectivity index (χ0n) is 16.0. The van der Waals surface area contributed by atoms with Crippen LogP contribution in [-0.4, -0.2) is 29.5 Å². The van der Waals surface area contributed by atoms with Crippen LogP contribution in [-0.2, 0) is 16.1 Å². The lowest BCUT2D eigenvalue weighted by molar-refractivity contribution is -0.138. The van der Waals surface area contributed by atoms with Crippen molar-refractivity contribution in [2.75, 3.05) is 7.11 Å². The van der Waals surface area contributed by atoms with E-state index in [0.717, 1.165) is 11.1 Å². The number of ether oxygens (including phenoxy) is 1. The Bertz CT molecular complexity index is 1040. The van der Waals surface area contributed by atoms with E-state index < -0.39 is 5.92 Å². The minimum Gasteiger partial charge on any atom is -0.497 e. The third-order valence-corrected chi connectivity index (χ3v) is 4.89. The maximum atomic E-state index is 13.2. The first-order chi connectivity index (χ1) is 14.2. The number of nitrogens with zero attached hydrogens (tertiary/aromatic N) is 2. The second-order valence-corrected chi connectivity index (χ2v) is 6.75. The number of methoxy groups -OCH3 is 1. The van der Waals surface area contributed by atoms with E-state index in [-0.39, 0.29) is 24.1 Å². The van der Waals surface area contributed by atoms with Gasteiger partial charge in [-0.05, 0) is 35.4 Å². The molecule has 144 valence electrons. The van der Waals surface area contributed by atoms with Crippen molar-refractivity contribution in [1.29, 1.82) is 0 Å². The van der Waals surface area contributed by atoms with E-state index in [1.54, 1.807) is 31.4 Å².